The van der Waals surface area contributed by atoms with E-state index in [0.29, 0.717) is 40.2 Å². The number of aromatic nitrogens is 3. The first-order valence-corrected chi connectivity index (χ1v) is 12.0. The van der Waals surface area contributed by atoms with Gasteiger partial charge in [0.25, 0.3) is 5.56 Å². The minimum atomic E-state index is -0.219. The van der Waals surface area contributed by atoms with Gasteiger partial charge in [0, 0.05) is 12.2 Å². The molecule has 2 heterocycles. The molecule has 8 nitrogen and oxygen atoms in total. The van der Waals surface area contributed by atoms with E-state index < -0.39 is 0 Å². The van der Waals surface area contributed by atoms with E-state index in [9.17, 15) is 9.59 Å². The van der Waals surface area contributed by atoms with Gasteiger partial charge in [-0.3, -0.25) is 14.2 Å². The monoisotopic (exact) mass is 472 g/mol. The minimum Gasteiger partial charge on any atom is -0.493 e. The molecule has 2 N–H and O–H groups in total. The van der Waals surface area contributed by atoms with Crippen LogP contribution in [0.4, 0.5) is 0 Å². The van der Waals surface area contributed by atoms with Gasteiger partial charge in [-0.25, -0.2) is 4.98 Å². The van der Waals surface area contributed by atoms with Gasteiger partial charge in [0.15, 0.2) is 16.7 Å². The van der Waals surface area contributed by atoms with Crippen molar-refractivity contribution in [2.24, 2.45) is 5.92 Å². The quantitative estimate of drug-likeness (QED) is 0.341. The Morgan fingerprint density at radius 2 is 1.91 bits per heavy atom. The highest BCUT2D eigenvalue weighted by Gasteiger charge is 2.17. The number of rotatable bonds is 10. The summed E-state index contributed by atoms with van der Waals surface area (Å²) in [4.78, 5) is 33.5. The summed E-state index contributed by atoms with van der Waals surface area (Å²) in [6.07, 6.45) is 0.850. The standard InChI is InChI=1S/C24H32N4O4S/c1-14(2)9-10-28-23(30)22-18(11-15(3)25-22)27-24(28)33-13-21(29)26-16(4)17-7-8-19(31-5)20(12-17)32-6/h7-8,11-12,14,16,25H,9-10,13H2,1-6H3,(H,26,29)/t16-/m1/s1. The third-order valence-corrected chi connectivity index (χ3v) is 6.36. The van der Waals surface area contributed by atoms with E-state index in [1.54, 1.807) is 18.8 Å². The highest BCUT2D eigenvalue weighted by atomic mass is 32.2. The maximum Gasteiger partial charge on any atom is 0.278 e. The van der Waals surface area contributed by atoms with E-state index in [1.165, 1.54) is 11.8 Å². The molecule has 0 saturated carbocycles. The first kappa shape index (κ1) is 24.7. The number of hydrogen-bond acceptors (Lipinski definition) is 6. The second-order valence-electron chi connectivity index (χ2n) is 8.44. The van der Waals surface area contributed by atoms with Gasteiger partial charge < -0.3 is 19.8 Å². The third-order valence-electron chi connectivity index (χ3n) is 5.39. The molecule has 1 aromatic carbocycles. The van der Waals surface area contributed by atoms with E-state index >= 15 is 0 Å². The predicted octanol–water partition coefficient (Wildman–Crippen LogP) is 4.07. The van der Waals surface area contributed by atoms with Crippen LogP contribution in [-0.2, 0) is 11.3 Å². The zero-order valence-electron chi connectivity index (χ0n) is 20.0. The number of thioether (sulfide) groups is 1. The number of H-pyrrole nitrogens is 1. The number of methoxy groups -OCH3 is 2. The van der Waals surface area contributed by atoms with Crippen LogP contribution in [0.15, 0.2) is 34.2 Å². The second kappa shape index (κ2) is 10.8. The average Bonchev–Trinajstić information content (AvgIpc) is 3.16. The summed E-state index contributed by atoms with van der Waals surface area (Å²) in [6, 6.07) is 7.20. The van der Waals surface area contributed by atoms with Crippen molar-refractivity contribution in [1.82, 2.24) is 19.9 Å². The first-order valence-electron chi connectivity index (χ1n) is 11.0. The van der Waals surface area contributed by atoms with Gasteiger partial charge in [-0.05, 0) is 49.9 Å². The van der Waals surface area contributed by atoms with E-state index in [2.05, 4.69) is 29.1 Å². The van der Waals surface area contributed by atoms with Crippen molar-refractivity contribution in [1.29, 1.82) is 0 Å². The van der Waals surface area contributed by atoms with Gasteiger partial charge in [0.1, 0.15) is 5.52 Å². The number of ether oxygens (including phenoxy) is 2. The topological polar surface area (TPSA) is 98.2 Å². The summed E-state index contributed by atoms with van der Waals surface area (Å²) in [5.74, 6) is 1.70. The highest BCUT2D eigenvalue weighted by molar-refractivity contribution is 7.99. The predicted molar refractivity (Wildman–Crippen MR) is 131 cm³/mol. The lowest BCUT2D eigenvalue weighted by Crippen LogP contribution is -2.29. The zero-order valence-corrected chi connectivity index (χ0v) is 20.8. The molecule has 3 rings (SSSR count). The molecule has 0 aliphatic rings. The van der Waals surface area contributed by atoms with Crippen LogP contribution in [0.3, 0.4) is 0 Å². The number of carbonyl (C=O) groups excluding carboxylic acids is 1. The summed E-state index contributed by atoms with van der Waals surface area (Å²) in [6.45, 7) is 8.60. The van der Waals surface area contributed by atoms with Crippen LogP contribution in [0.2, 0.25) is 0 Å². The van der Waals surface area contributed by atoms with Gasteiger partial charge in [-0.15, -0.1) is 0 Å². The lowest BCUT2D eigenvalue weighted by atomic mass is 10.1. The number of hydrogen-bond donors (Lipinski definition) is 2. The Hall–Kier alpha value is -2.94. The molecule has 0 bridgehead atoms. The van der Waals surface area contributed by atoms with Crippen LogP contribution in [-0.4, -0.2) is 40.4 Å². The zero-order chi connectivity index (χ0) is 24.1. The van der Waals surface area contributed by atoms with Gasteiger partial charge in [-0.2, -0.15) is 0 Å². The van der Waals surface area contributed by atoms with Crippen molar-refractivity contribution in [2.45, 2.75) is 51.9 Å². The molecule has 178 valence electrons. The summed E-state index contributed by atoms with van der Waals surface area (Å²) < 4.78 is 12.3. The first-order chi connectivity index (χ1) is 15.7. The Labute approximate surface area is 198 Å². The van der Waals surface area contributed by atoms with E-state index in [0.717, 1.165) is 17.7 Å². The molecule has 1 amide bonds. The Balaban J connectivity index is 1.74. The number of benzene rings is 1. The Morgan fingerprint density at radius 1 is 1.18 bits per heavy atom. The fraction of sp³-hybridized carbons (Fsp3) is 0.458. The van der Waals surface area contributed by atoms with Crippen LogP contribution in [0, 0.1) is 12.8 Å². The van der Waals surface area contributed by atoms with E-state index in [-0.39, 0.29) is 23.3 Å². The average molecular weight is 473 g/mol. The number of fused-ring (bicyclic) bond motifs is 1. The molecule has 3 aromatic rings. The summed E-state index contributed by atoms with van der Waals surface area (Å²) >= 11 is 1.28. The molecule has 0 fully saturated rings. The lowest BCUT2D eigenvalue weighted by Gasteiger charge is -2.17. The van der Waals surface area contributed by atoms with Crippen LogP contribution >= 0.6 is 11.8 Å². The van der Waals surface area contributed by atoms with Crippen LogP contribution < -0.4 is 20.3 Å². The Morgan fingerprint density at radius 3 is 2.58 bits per heavy atom. The molecule has 0 aliphatic heterocycles. The van der Waals surface area contributed by atoms with Gasteiger partial charge in [0.2, 0.25) is 5.91 Å². The van der Waals surface area contributed by atoms with E-state index in [4.69, 9.17) is 9.47 Å². The number of carbonyl (C=O) groups is 1. The molecule has 0 radical (unpaired) electrons. The summed E-state index contributed by atoms with van der Waals surface area (Å²) in [5.41, 5.74) is 2.82. The molecule has 9 heteroatoms. The van der Waals surface area contributed by atoms with Crippen molar-refractivity contribution in [3.8, 4) is 11.5 Å². The van der Waals surface area contributed by atoms with Gasteiger partial charge in [0.05, 0.1) is 31.5 Å². The molecule has 0 saturated heterocycles. The minimum absolute atomic E-state index is 0.102. The van der Waals surface area contributed by atoms with Crippen LogP contribution in [0.25, 0.3) is 11.0 Å². The molecular weight excluding hydrogens is 440 g/mol. The SMILES string of the molecule is COc1ccc([C@@H](C)NC(=O)CSc2nc3cc(C)[nH]c3c(=O)n2CCC(C)C)cc1OC. The fourth-order valence-electron chi connectivity index (χ4n) is 3.52. The molecule has 33 heavy (non-hydrogen) atoms. The van der Waals surface area contributed by atoms with Crippen molar-refractivity contribution in [3.63, 3.8) is 0 Å². The van der Waals surface area contributed by atoms with Crippen molar-refractivity contribution < 1.29 is 14.3 Å². The maximum atomic E-state index is 13.1. The maximum absolute atomic E-state index is 13.1. The van der Waals surface area contributed by atoms with Crippen LogP contribution in [0.5, 0.6) is 11.5 Å². The number of nitrogens with zero attached hydrogens (tertiary/aromatic N) is 2. The Kier molecular flexibility index (Phi) is 8.07. The van der Waals surface area contributed by atoms with Crippen LogP contribution in [0.1, 0.15) is 44.5 Å². The van der Waals surface area contributed by atoms with Crippen molar-refractivity contribution in [3.05, 3.63) is 45.9 Å². The van der Waals surface area contributed by atoms with Crippen molar-refractivity contribution in [2.75, 3.05) is 20.0 Å². The molecule has 0 unspecified atom stereocenters. The second-order valence-corrected chi connectivity index (χ2v) is 9.38. The normalized spacial score (nSPS) is 12.2. The molecule has 0 spiro atoms. The Bertz CT molecular complexity index is 1190. The third kappa shape index (κ3) is 5.90. The fourth-order valence-corrected chi connectivity index (χ4v) is 4.36. The summed E-state index contributed by atoms with van der Waals surface area (Å²) in [7, 11) is 3.16. The molecule has 1 atom stereocenters. The smallest absolute Gasteiger partial charge is 0.278 e. The summed E-state index contributed by atoms with van der Waals surface area (Å²) in [5, 5.41) is 3.56. The number of aryl methyl sites for hydroxylation is 1. The van der Waals surface area contributed by atoms with Gasteiger partial charge in [-0.1, -0.05) is 31.7 Å². The number of amides is 1. The number of aromatic amines is 1. The largest absolute Gasteiger partial charge is 0.493 e. The van der Waals surface area contributed by atoms with Crippen molar-refractivity contribution >= 4 is 28.7 Å². The molecule has 2 aromatic heterocycles. The van der Waals surface area contributed by atoms with Gasteiger partial charge >= 0.3 is 0 Å². The molecular formula is C24H32N4O4S. The lowest BCUT2D eigenvalue weighted by molar-refractivity contribution is -0.119. The highest BCUT2D eigenvalue weighted by Crippen LogP contribution is 2.30. The molecule has 0 aliphatic carbocycles. The number of nitrogens with one attached hydrogen (secondary N) is 2. The van der Waals surface area contributed by atoms with E-state index in [1.807, 2.05) is 38.1 Å².